The smallest absolute Gasteiger partial charge is 0.253 e. The van der Waals surface area contributed by atoms with Gasteiger partial charge in [-0.25, -0.2) is 0 Å². The van der Waals surface area contributed by atoms with Crippen molar-refractivity contribution in [1.82, 2.24) is 15.2 Å². The van der Waals surface area contributed by atoms with E-state index in [-0.39, 0.29) is 5.91 Å². The van der Waals surface area contributed by atoms with Crippen LogP contribution in [0.5, 0.6) is 0 Å². The van der Waals surface area contributed by atoms with Crippen LogP contribution in [-0.2, 0) is 0 Å². The Labute approximate surface area is 119 Å². The van der Waals surface area contributed by atoms with E-state index < -0.39 is 0 Å². The molecule has 1 aromatic heterocycles. The van der Waals surface area contributed by atoms with Crippen molar-refractivity contribution in [3.8, 4) is 0 Å². The summed E-state index contributed by atoms with van der Waals surface area (Å²) in [6.07, 6.45) is 5.16. The molecule has 1 aliphatic heterocycles. The van der Waals surface area contributed by atoms with Crippen molar-refractivity contribution in [2.45, 2.75) is 25.3 Å². The summed E-state index contributed by atoms with van der Waals surface area (Å²) in [6, 6.07) is 8.23. The Morgan fingerprint density at radius 3 is 3.05 bits per heavy atom. The second kappa shape index (κ2) is 5.67. The van der Waals surface area contributed by atoms with Crippen molar-refractivity contribution in [2.24, 2.45) is 0 Å². The minimum Gasteiger partial charge on any atom is -0.361 e. The lowest BCUT2D eigenvalue weighted by Crippen LogP contribution is -2.37. The van der Waals surface area contributed by atoms with Crippen molar-refractivity contribution in [2.75, 3.05) is 20.1 Å². The minimum absolute atomic E-state index is 0.119. The Kier molecular flexibility index (Phi) is 3.74. The molecule has 0 spiro atoms. The fourth-order valence-electron chi connectivity index (χ4n) is 2.94. The number of carbonyl (C=O) groups excluding carboxylic acids is 1. The molecular weight excluding hydrogens is 250 g/mol. The highest BCUT2D eigenvalue weighted by Crippen LogP contribution is 2.18. The largest absolute Gasteiger partial charge is 0.361 e. The number of hydrogen-bond donors (Lipinski definition) is 2. The van der Waals surface area contributed by atoms with Crippen LogP contribution in [0.4, 0.5) is 0 Å². The Bertz CT molecular complexity index is 597. The Morgan fingerprint density at radius 2 is 2.15 bits per heavy atom. The molecule has 1 aromatic carbocycles. The topological polar surface area (TPSA) is 48.1 Å². The molecular formula is C16H21N3O. The normalized spacial score (nSPS) is 19.8. The number of aromatic amines is 1. The number of nitrogens with zero attached hydrogens (tertiary/aromatic N) is 1. The molecule has 1 aliphatic rings. The number of nitrogens with one attached hydrogen (secondary N) is 2. The molecule has 1 atom stereocenters. The number of hydrogen-bond acceptors (Lipinski definition) is 2. The fraction of sp³-hybridized carbons (Fsp3) is 0.438. The van der Waals surface area contributed by atoms with Gasteiger partial charge in [-0.1, -0.05) is 6.07 Å². The summed E-state index contributed by atoms with van der Waals surface area (Å²) in [5, 5.41) is 4.53. The molecule has 0 aliphatic carbocycles. The number of rotatable bonds is 2. The van der Waals surface area contributed by atoms with E-state index in [0.717, 1.165) is 48.8 Å². The maximum atomic E-state index is 12.6. The molecule has 1 saturated heterocycles. The van der Waals surface area contributed by atoms with Gasteiger partial charge in [-0.3, -0.25) is 4.79 Å². The number of benzene rings is 1. The van der Waals surface area contributed by atoms with Crippen LogP contribution in [0, 0.1) is 0 Å². The minimum atomic E-state index is 0.119. The van der Waals surface area contributed by atoms with Gasteiger partial charge < -0.3 is 15.2 Å². The number of fused-ring (bicyclic) bond motifs is 1. The van der Waals surface area contributed by atoms with Gasteiger partial charge in [0.2, 0.25) is 0 Å². The third-order valence-electron chi connectivity index (χ3n) is 4.22. The molecule has 4 nitrogen and oxygen atoms in total. The van der Waals surface area contributed by atoms with E-state index in [9.17, 15) is 4.79 Å². The molecule has 20 heavy (non-hydrogen) atoms. The molecule has 1 fully saturated rings. The second-order valence-electron chi connectivity index (χ2n) is 5.53. The van der Waals surface area contributed by atoms with Crippen molar-refractivity contribution in [3.05, 3.63) is 36.0 Å². The second-order valence-corrected chi connectivity index (χ2v) is 5.53. The Balaban J connectivity index is 1.79. The zero-order chi connectivity index (χ0) is 13.9. The maximum absolute atomic E-state index is 12.6. The first-order chi connectivity index (χ1) is 9.75. The predicted octanol–water partition coefficient (Wildman–Crippen LogP) is 2.38. The molecule has 2 N–H and O–H groups in total. The standard InChI is InChI=1S/C16H21N3O/c1-19(14-3-2-8-17-9-7-14)16(20)13-5-4-12-6-10-18-15(12)11-13/h4-6,10-11,14,17-18H,2-3,7-9H2,1H3. The van der Waals surface area contributed by atoms with Gasteiger partial charge in [0.15, 0.2) is 0 Å². The molecule has 4 heteroatoms. The van der Waals surface area contributed by atoms with E-state index in [4.69, 9.17) is 0 Å². The zero-order valence-corrected chi connectivity index (χ0v) is 11.9. The lowest BCUT2D eigenvalue weighted by Gasteiger charge is -2.27. The van der Waals surface area contributed by atoms with Gasteiger partial charge in [0.05, 0.1) is 0 Å². The Hall–Kier alpha value is -1.81. The van der Waals surface area contributed by atoms with Crippen LogP contribution in [0.3, 0.4) is 0 Å². The van der Waals surface area contributed by atoms with Crippen molar-refractivity contribution in [1.29, 1.82) is 0 Å². The van der Waals surface area contributed by atoms with Gasteiger partial charge in [-0.2, -0.15) is 0 Å². The average molecular weight is 271 g/mol. The third-order valence-corrected chi connectivity index (χ3v) is 4.22. The molecule has 2 aromatic rings. The molecule has 2 heterocycles. The van der Waals surface area contributed by atoms with Crippen LogP contribution in [0.25, 0.3) is 10.9 Å². The van der Waals surface area contributed by atoms with Crippen molar-refractivity contribution in [3.63, 3.8) is 0 Å². The molecule has 0 saturated carbocycles. The molecule has 0 radical (unpaired) electrons. The quantitative estimate of drug-likeness (QED) is 0.881. The number of H-pyrrole nitrogens is 1. The van der Waals surface area contributed by atoms with Gasteiger partial charge in [-0.15, -0.1) is 0 Å². The van der Waals surface area contributed by atoms with Gasteiger partial charge in [0.25, 0.3) is 5.91 Å². The van der Waals surface area contributed by atoms with E-state index in [2.05, 4.69) is 10.3 Å². The van der Waals surface area contributed by atoms with Crippen LogP contribution in [0.15, 0.2) is 30.5 Å². The van der Waals surface area contributed by atoms with Gasteiger partial charge in [-0.05, 0) is 55.9 Å². The average Bonchev–Trinajstić information content (AvgIpc) is 2.77. The maximum Gasteiger partial charge on any atom is 0.253 e. The summed E-state index contributed by atoms with van der Waals surface area (Å²) in [6.45, 7) is 2.06. The number of aromatic nitrogens is 1. The van der Waals surface area contributed by atoms with Crippen LogP contribution in [0.2, 0.25) is 0 Å². The van der Waals surface area contributed by atoms with E-state index in [1.165, 1.54) is 0 Å². The number of amides is 1. The SMILES string of the molecule is CN(C(=O)c1ccc2cc[nH]c2c1)C1CCCNCC1. The number of carbonyl (C=O) groups is 1. The van der Waals surface area contributed by atoms with Crippen LogP contribution < -0.4 is 5.32 Å². The molecule has 1 amide bonds. The lowest BCUT2D eigenvalue weighted by molar-refractivity contribution is 0.0720. The third kappa shape index (κ3) is 2.56. The summed E-state index contributed by atoms with van der Waals surface area (Å²) in [7, 11) is 1.93. The summed E-state index contributed by atoms with van der Waals surface area (Å²) in [5.74, 6) is 0.119. The summed E-state index contributed by atoms with van der Waals surface area (Å²) in [4.78, 5) is 17.7. The molecule has 0 bridgehead atoms. The van der Waals surface area contributed by atoms with Crippen molar-refractivity contribution >= 4 is 16.8 Å². The zero-order valence-electron chi connectivity index (χ0n) is 11.9. The lowest BCUT2D eigenvalue weighted by atomic mass is 10.1. The predicted molar refractivity (Wildman–Crippen MR) is 80.9 cm³/mol. The van der Waals surface area contributed by atoms with Crippen LogP contribution >= 0.6 is 0 Å². The van der Waals surface area contributed by atoms with Crippen LogP contribution in [-0.4, -0.2) is 42.0 Å². The van der Waals surface area contributed by atoms with E-state index in [1.54, 1.807) is 0 Å². The van der Waals surface area contributed by atoms with Crippen LogP contribution in [0.1, 0.15) is 29.6 Å². The molecule has 1 unspecified atom stereocenters. The van der Waals surface area contributed by atoms with E-state index in [0.29, 0.717) is 6.04 Å². The first-order valence-corrected chi connectivity index (χ1v) is 7.31. The highest BCUT2D eigenvalue weighted by atomic mass is 16.2. The Morgan fingerprint density at radius 1 is 1.25 bits per heavy atom. The van der Waals surface area contributed by atoms with E-state index in [1.807, 2.05) is 42.4 Å². The highest BCUT2D eigenvalue weighted by Gasteiger charge is 2.22. The van der Waals surface area contributed by atoms with Gasteiger partial charge in [0, 0.05) is 30.4 Å². The fourth-order valence-corrected chi connectivity index (χ4v) is 2.94. The van der Waals surface area contributed by atoms with Gasteiger partial charge in [0.1, 0.15) is 0 Å². The summed E-state index contributed by atoms with van der Waals surface area (Å²) in [5.41, 5.74) is 1.78. The first kappa shape index (κ1) is 13.2. The van der Waals surface area contributed by atoms with Crippen molar-refractivity contribution < 1.29 is 4.79 Å². The first-order valence-electron chi connectivity index (χ1n) is 7.31. The van der Waals surface area contributed by atoms with Gasteiger partial charge >= 0.3 is 0 Å². The molecule has 106 valence electrons. The van der Waals surface area contributed by atoms with E-state index >= 15 is 0 Å². The highest BCUT2D eigenvalue weighted by molar-refractivity contribution is 5.97. The summed E-state index contributed by atoms with van der Waals surface area (Å²) < 4.78 is 0. The monoisotopic (exact) mass is 271 g/mol. The summed E-state index contributed by atoms with van der Waals surface area (Å²) >= 11 is 0. The molecule has 3 rings (SSSR count).